The molecule has 0 aromatic carbocycles. The zero-order valence-electron chi connectivity index (χ0n) is 6.84. The van der Waals surface area contributed by atoms with Crippen molar-refractivity contribution < 1.29 is 8.42 Å². The fraction of sp³-hybridized carbons (Fsp3) is 1.00. The van der Waals surface area contributed by atoms with Crippen LogP contribution in [0, 0.1) is 0 Å². The summed E-state index contributed by atoms with van der Waals surface area (Å²) in [6, 6.07) is 0. The van der Waals surface area contributed by atoms with E-state index in [2.05, 4.69) is 0 Å². The van der Waals surface area contributed by atoms with Gasteiger partial charge in [0.15, 0.2) is 9.84 Å². The van der Waals surface area contributed by atoms with Gasteiger partial charge >= 0.3 is 0 Å². The molecule has 0 heterocycles. The van der Waals surface area contributed by atoms with Gasteiger partial charge in [-0.2, -0.15) is 0 Å². The van der Waals surface area contributed by atoms with Crippen molar-refractivity contribution in [1.29, 1.82) is 0 Å². The summed E-state index contributed by atoms with van der Waals surface area (Å²) >= 11 is 0. The molecule has 1 aliphatic carbocycles. The Labute approximate surface area is 67.9 Å². The normalized spacial score (nSPS) is 21.6. The van der Waals surface area contributed by atoms with Crippen molar-refractivity contribution in [2.75, 3.05) is 12.3 Å². The van der Waals surface area contributed by atoms with Crippen LogP contribution in [0.5, 0.6) is 0 Å². The summed E-state index contributed by atoms with van der Waals surface area (Å²) in [7, 11) is -2.87. The highest BCUT2D eigenvalue weighted by molar-refractivity contribution is 7.93. The summed E-state index contributed by atoms with van der Waals surface area (Å²) in [4.78, 5) is 0. The van der Waals surface area contributed by atoms with E-state index >= 15 is 0 Å². The van der Waals surface area contributed by atoms with E-state index in [4.69, 9.17) is 5.73 Å². The highest BCUT2D eigenvalue weighted by Crippen LogP contribution is 2.43. The first kappa shape index (κ1) is 9.00. The van der Waals surface area contributed by atoms with Gasteiger partial charge in [-0.3, -0.25) is 0 Å². The van der Waals surface area contributed by atoms with Crippen LogP contribution in [0.2, 0.25) is 0 Å². The maximum Gasteiger partial charge on any atom is 0.157 e. The van der Waals surface area contributed by atoms with E-state index in [0.717, 1.165) is 12.8 Å². The molecular formula is C7H15NO2S. The Morgan fingerprint density at radius 2 is 2.00 bits per heavy atom. The van der Waals surface area contributed by atoms with E-state index in [-0.39, 0.29) is 0 Å². The summed E-state index contributed by atoms with van der Waals surface area (Å²) in [6.07, 6.45) is 2.24. The lowest BCUT2D eigenvalue weighted by molar-refractivity contribution is 0.576. The van der Waals surface area contributed by atoms with Crippen molar-refractivity contribution in [3.05, 3.63) is 0 Å². The van der Waals surface area contributed by atoms with Gasteiger partial charge in [0.2, 0.25) is 0 Å². The van der Waals surface area contributed by atoms with Crippen molar-refractivity contribution in [3.63, 3.8) is 0 Å². The lowest BCUT2D eigenvalue weighted by atomic mass is 10.4. The second-order valence-electron chi connectivity index (χ2n) is 3.21. The molecule has 0 aromatic rings. The molecule has 1 fully saturated rings. The largest absolute Gasteiger partial charge is 0.329 e. The molecule has 0 amide bonds. The van der Waals surface area contributed by atoms with Crippen LogP contribution in [0.25, 0.3) is 0 Å². The molecular weight excluding hydrogens is 162 g/mol. The Kier molecular flexibility index (Phi) is 2.25. The van der Waals surface area contributed by atoms with Crippen molar-refractivity contribution in [1.82, 2.24) is 0 Å². The van der Waals surface area contributed by atoms with Crippen LogP contribution < -0.4 is 5.73 Å². The summed E-state index contributed by atoms with van der Waals surface area (Å²) in [5.41, 5.74) is 5.41. The van der Waals surface area contributed by atoms with Crippen LogP contribution in [0.3, 0.4) is 0 Å². The molecule has 4 heteroatoms. The third-order valence-corrected chi connectivity index (χ3v) is 5.15. The van der Waals surface area contributed by atoms with E-state index < -0.39 is 14.6 Å². The zero-order valence-corrected chi connectivity index (χ0v) is 7.65. The van der Waals surface area contributed by atoms with E-state index in [1.807, 2.05) is 6.92 Å². The van der Waals surface area contributed by atoms with Gasteiger partial charge in [0.05, 0.1) is 10.5 Å². The smallest absolute Gasteiger partial charge is 0.157 e. The SMILES string of the molecule is CCCS(=O)(=O)C1(CN)CC1. The minimum absolute atomic E-state index is 0.296. The fourth-order valence-electron chi connectivity index (χ4n) is 1.27. The number of nitrogens with two attached hydrogens (primary N) is 1. The van der Waals surface area contributed by atoms with Gasteiger partial charge in [0.25, 0.3) is 0 Å². The van der Waals surface area contributed by atoms with Gasteiger partial charge in [-0.15, -0.1) is 0 Å². The maximum atomic E-state index is 11.5. The highest BCUT2D eigenvalue weighted by Gasteiger charge is 2.52. The zero-order chi connectivity index (χ0) is 8.54. The number of rotatable bonds is 4. The van der Waals surface area contributed by atoms with Gasteiger partial charge in [-0.1, -0.05) is 6.92 Å². The third-order valence-electron chi connectivity index (χ3n) is 2.31. The van der Waals surface area contributed by atoms with Gasteiger partial charge in [-0.25, -0.2) is 8.42 Å². The van der Waals surface area contributed by atoms with Crippen molar-refractivity contribution >= 4 is 9.84 Å². The number of sulfone groups is 1. The molecule has 0 saturated heterocycles. The predicted molar refractivity (Wildman–Crippen MR) is 45.1 cm³/mol. The Morgan fingerprint density at radius 3 is 2.27 bits per heavy atom. The second-order valence-corrected chi connectivity index (χ2v) is 5.71. The Balaban J connectivity index is 2.73. The van der Waals surface area contributed by atoms with Crippen LogP contribution in [0.4, 0.5) is 0 Å². The Bertz CT molecular complexity index is 229. The number of hydrogen-bond acceptors (Lipinski definition) is 3. The molecule has 1 aliphatic rings. The molecule has 0 unspecified atom stereocenters. The molecule has 0 atom stereocenters. The lowest BCUT2D eigenvalue weighted by Crippen LogP contribution is -2.33. The van der Waals surface area contributed by atoms with Crippen molar-refractivity contribution in [2.24, 2.45) is 5.73 Å². The third kappa shape index (κ3) is 1.42. The van der Waals surface area contributed by atoms with E-state index in [9.17, 15) is 8.42 Å². The monoisotopic (exact) mass is 177 g/mol. The Morgan fingerprint density at radius 1 is 1.45 bits per heavy atom. The van der Waals surface area contributed by atoms with E-state index in [0.29, 0.717) is 18.7 Å². The van der Waals surface area contributed by atoms with E-state index in [1.165, 1.54) is 0 Å². The predicted octanol–water partition coefficient (Wildman–Crippen LogP) is 0.303. The van der Waals surface area contributed by atoms with Gasteiger partial charge in [0.1, 0.15) is 0 Å². The van der Waals surface area contributed by atoms with Crippen LogP contribution in [0.15, 0.2) is 0 Å². The molecule has 11 heavy (non-hydrogen) atoms. The average Bonchev–Trinajstić information content (AvgIpc) is 2.66. The summed E-state index contributed by atoms with van der Waals surface area (Å²) < 4.78 is 22.4. The van der Waals surface area contributed by atoms with Gasteiger partial charge < -0.3 is 5.73 Å². The summed E-state index contributed by atoms with van der Waals surface area (Å²) in [5, 5.41) is 0. The molecule has 0 bridgehead atoms. The minimum Gasteiger partial charge on any atom is -0.329 e. The molecule has 3 nitrogen and oxygen atoms in total. The number of hydrogen-bond donors (Lipinski definition) is 1. The van der Waals surface area contributed by atoms with Crippen LogP contribution in [-0.2, 0) is 9.84 Å². The van der Waals surface area contributed by atoms with Crippen LogP contribution >= 0.6 is 0 Å². The lowest BCUT2D eigenvalue weighted by Gasteiger charge is -2.11. The first-order valence-electron chi connectivity index (χ1n) is 4.00. The molecule has 1 saturated carbocycles. The molecule has 1 rings (SSSR count). The second kappa shape index (κ2) is 2.75. The van der Waals surface area contributed by atoms with Gasteiger partial charge in [-0.05, 0) is 19.3 Å². The summed E-state index contributed by atoms with van der Waals surface area (Å²) in [5.74, 6) is 0.296. The van der Waals surface area contributed by atoms with Crippen molar-refractivity contribution in [2.45, 2.75) is 30.9 Å². The minimum atomic E-state index is -2.87. The van der Waals surface area contributed by atoms with Crippen molar-refractivity contribution in [3.8, 4) is 0 Å². The van der Waals surface area contributed by atoms with Crippen LogP contribution in [0.1, 0.15) is 26.2 Å². The molecule has 0 aliphatic heterocycles. The topological polar surface area (TPSA) is 60.2 Å². The molecule has 0 spiro atoms. The molecule has 66 valence electrons. The highest BCUT2D eigenvalue weighted by atomic mass is 32.2. The average molecular weight is 177 g/mol. The Hall–Kier alpha value is -0.0900. The fourth-order valence-corrected chi connectivity index (χ4v) is 3.22. The molecule has 2 N–H and O–H groups in total. The van der Waals surface area contributed by atoms with Gasteiger partial charge in [0, 0.05) is 6.54 Å². The maximum absolute atomic E-state index is 11.5. The molecule has 0 radical (unpaired) electrons. The quantitative estimate of drug-likeness (QED) is 0.672. The first-order chi connectivity index (χ1) is 5.08. The molecule has 0 aromatic heterocycles. The first-order valence-corrected chi connectivity index (χ1v) is 5.65. The van der Waals surface area contributed by atoms with Crippen LogP contribution in [-0.4, -0.2) is 25.5 Å². The standard InChI is InChI=1S/C7H15NO2S/c1-2-5-11(9,10)7(6-8)3-4-7/h2-6,8H2,1H3. The summed E-state index contributed by atoms with van der Waals surface area (Å²) in [6.45, 7) is 2.18. The van der Waals surface area contributed by atoms with E-state index in [1.54, 1.807) is 0 Å².